The average Bonchev–Trinajstić information content (AvgIpc) is 3.01. The molecule has 0 saturated carbocycles. The predicted molar refractivity (Wildman–Crippen MR) is 102 cm³/mol. The molecule has 3 rings (SSSR count). The van der Waals surface area contributed by atoms with Gasteiger partial charge in [-0.15, -0.1) is 0 Å². The maximum atomic E-state index is 6.10. The molecular weight excluding hydrogens is 332 g/mol. The second kappa shape index (κ2) is 8.53. The van der Waals surface area contributed by atoms with Gasteiger partial charge in [0, 0.05) is 6.54 Å². The lowest BCUT2D eigenvalue weighted by Gasteiger charge is -2.31. The first-order valence-corrected chi connectivity index (χ1v) is 9.59. The Bertz CT molecular complexity index is 724. The predicted octanol–water partition coefficient (Wildman–Crippen LogP) is 2.33. The molecule has 0 bridgehead atoms. The number of hydrogen-bond donors (Lipinski definition) is 1. The fourth-order valence-electron chi connectivity index (χ4n) is 3.42. The molecular formula is C18H30N6O2. The van der Waals surface area contributed by atoms with Gasteiger partial charge in [-0.1, -0.05) is 20.3 Å². The third-order valence-corrected chi connectivity index (χ3v) is 5.07. The molecule has 0 aromatic carbocycles. The lowest BCUT2D eigenvalue weighted by Crippen LogP contribution is -2.34. The minimum atomic E-state index is 0.313. The van der Waals surface area contributed by atoms with Crippen LogP contribution in [0.4, 0.5) is 5.82 Å². The highest BCUT2D eigenvalue weighted by molar-refractivity contribution is 5.83. The monoisotopic (exact) mass is 362 g/mol. The highest BCUT2D eigenvalue weighted by Gasteiger charge is 2.23. The summed E-state index contributed by atoms with van der Waals surface area (Å²) in [6.45, 7) is 9.13. The van der Waals surface area contributed by atoms with Crippen LogP contribution < -0.4 is 15.2 Å². The number of anilines is 1. The fraction of sp³-hybridized carbons (Fsp3) is 0.722. The van der Waals surface area contributed by atoms with Gasteiger partial charge >= 0.3 is 6.01 Å². The number of methoxy groups -OCH3 is 1. The molecule has 2 aromatic rings. The first-order valence-electron chi connectivity index (χ1n) is 9.59. The molecule has 26 heavy (non-hydrogen) atoms. The Kier molecular flexibility index (Phi) is 6.13. The van der Waals surface area contributed by atoms with E-state index in [1.807, 2.05) is 4.57 Å². The van der Waals surface area contributed by atoms with Gasteiger partial charge in [-0.3, -0.25) is 4.57 Å². The number of ether oxygens (including phenoxy) is 2. The van der Waals surface area contributed by atoms with Crippen molar-refractivity contribution in [3.8, 4) is 12.0 Å². The highest BCUT2D eigenvalue weighted by atomic mass is 16.5. The molecule has 1 saturated heterocycles. The van der Waals surface area contributed by atoms with Crippen molar-refractivity contribution in [1.29, 1.82) is 0 Å². The van der Waals surface area contributed by atoms with Gasteiger partial charge in [-0.25, -0.2) is 0 Å². The highest BCUT2D eigenvalue weighted by Crippen LogP contribution is 2.28. The van der Waals surface area contributed by atoms with E-state index in [1.54, 1.807) is 7.11 Å². The van der Waals surface area contributed by atoms with Gasteiger partial charge in [0.25, 0.3) is 6.01 Å². The first-order chi connectivity index (χ1) is 12.7. The lowest BCUT2D eigenvalue weighted by atomic mass is 9.97. The van der Waals surface area contributed by atoms with E-state index in [1.165, 1.54) is 0 Å². The number of nitrogens with zero attached hydrogens (tertiary/aromatic N) is 5. The van der Waals surface area contributed by atoms with Gasteiger partial charge in [-0.2, -0.15) is 15.0 Å². The zero-order chi connectivity index (χ0) is 18.5. The summed E-state index contributed by atoms with van der Waals surface area (Å²) < 4.78 is 13.2. The zero-order valence-corrected chi connectivity index (χ0v) is 16.1. The van der Waals surface area contributed by atoms with Crippen molar-refractivity contribution in [3.05, 3.63) is 0 Å². The van der Waals surface area contributed by atoms with Crippen LogP contribution >= 0.6 is 0 Å². The molecule has 1 aliphatic heterocycles. The number of aromatic nitrogens is 4. The SMILES string of the molecule is CCCCOc1nc(N)c2nc(OC)n(CC3CCN(CC)CC3)c2n1. The van der Waals surface area contributed by atoms with E-state index in [0.717, 1.165) is 51.9 Å². The van der Waals surface area contributed by atoms with Crippen molar-refractivity contribution in [2.45, 2.75) is 46.1 Å². The number of piperidine rings is 1. The van der Waals surface area contributed by atoms with Crippen molar-refractivity contribution < 1.29 is 9.47 Å². The molecule has 8 nitrogen and oxygen atoms in total. The normalized spacial score (nSPS) is 16.3. The van der Waals surface area contributed by atoms with Crippen LogP contribution in [0.2, 0.25) is 0 Å². The smallest absolute Gasteiger partial charge is 0.320 e. The van der Waals surface area contributed by atoms with Crippen molar-refractivity contribution in [1.82, 2.24) is 24.4 Å². The standard InChI is InChI=1S/C18H30N6O2/c1-4-6-11-26-17-21-15(19)14-16(22-17)24(18(20-14)25-3)12-13-7-9-23(5-2)10-8-13/h13H,4-12H2,1-3H3,(H2,19,21,22). The molecule has 0 amide bonds. The van der Waals surface area contributed by atoms with E-state index in [2.05, 4.69) is 33.7 Å². The van der Waals surface area contributed by atoms with E-state index in [4.69, 9.17) is 15.2 Å². The zero-order valence-electron chi connectivity index (χ0n) is 16.1. The number of imidazole rings is 1. The summed E-state index contributed by atoms with van der Waals surface area (Å²) in [5.41, 5.74) is 7.37. The Hall–Kier alpha value is -2.09. The van der Waals surface area contributed by atoms with Crippen LogP contribution in [0.25, 0.3) is 11.2 Å². The number of hydrogen-bond acceptors (Lipinski definition) is 7. The summed E-state index contributed by atoms with van der Waals surface area (Å²) in [6, 6.07) is 0.845. The number of fused-ring (bicyclic) bond motifs is 1. The average molecular weight is 362 g/mol. The van der Waals surface area contributed by atoms with Gasteiger partial charge < -0.3 is 20.1 Å². The van der Waals surface area contributed by atoms with E-state index >= 15 is 0 Å². The largest absolute Gasteiger partial charge is 0.468 e. The van der Waals surface area contributed by atoms with Crippen LogP contribution in [-0.4, -0.2) is 57.8 Å². The molecule has 3 heterocycles. The Morgan fingerprint density at radius 3 is 2.58 bits per heavy atom. The summed E-state index contributed by atoms with van der Waals surface area (Å²) in [5.74, 6) is 0.907. The minimum absolute atomic E-state index is 0.313. The molecule has 0 atom stereocenters. The summed E-state index contributed by atoms with van der Waals surface area (Å²) in [6.07, 6.45) is 4.34. The first kappa shape index (κ1) is 18.7. The van der Waals surface area contributed by atoms with Crippen LogP contribution in [-0.2, 0) is 6.54 Å². The summed E-state index contributed by atoms with van der Waals surface area (Å²) in [5, 5.41) is 0. The molecule has 2 aromatic heterocycles. The molecule has 0 aliphatic carbocycles. The minimum Gasteiger partial charge on any atom is -0.468 e. The van der Waals surface area contributed by atoms with Crippen LogP contribution in [0.3, 0.4) is 0 Å². The Balaban J connectivity index is 1.85. The van der Waals surface area contributed by atoms with Crippen LogP contribution in [0, 0.1) is 5.92 Å². The number of likely N-dealkylation sites (tertiary alicyclic amines) is 1. The maximum Gasteiger partial charge on any atom is 0.320 e. The molecule has 1 aliphatic rings. The van der Waals surface area contributed by atoms with Crippen LogP contribution in [0.15, 0.2) is 0 Å². The Morgan fingerprint density at radius 1 is 1.15 bits per heavy atom. The third-order valence-electron chi connectivity index (χ3n) is 5.07. The van der Waals surface area contributed by atoms with E-state index in [0.29, 0.717) is 41.5 Å². The molecule has 0 radical (unpaired) electrons. The van der Waals surface area contributed by atoms with Crippen molar-refractivity contribution in [3.63, 3.8) is 0 Å². The number of nitrogen functional groups attached to an aromatic ring is 1. The topological polar surface area (TPSA) is 91.3 Å². The number of rotatable bonds is 8. The van der Waals surface area contributed by atoms with Gasteiger partial charge in [0.2, 0.25) is 0 Å². The van der Waals surface area contributed by atoms with Gasteiger partial charge in [0.15, 0.2) is 17.0 Å². The Morgan fingerprint density at radius 2 is 1.92 bits per heavy atom. The fourth-order valence-corrected chi connectivity index (χ4v) is 3.42. The third kappa shape index (κ3) is 4.00. The number of unbranched alkanes of at least 4 members (excludes halogenated alkanes) is 1. The quantitative estimate of drug-likeness (QED) is 0.721. The molecule has 2 N–H and O–H groups in total. The summed E-state index contributed by atoms with van der Waals surface area (Å²) in [7, 11) is 1.62. The molecule has 0 spiro atoms. The second-order valence-corrected chi connectivity index (χ2v) is 6.85. The van der Waals surface area contributed by atoms with E-state index in [-0.39, 0.29) is 0 Å². The molecule has 1 fully saturated rings. The second-order valence-electron chi connectivity index (χ2n) is 6.85. The van der Waals surface area contributed by atoms with Crippen LogP contribution in [0.1, 0.15) is 39.5 Å². The van der Waals surface area contributed by atoms with Crippen molar-refractivity contribution in [2.75, 3.05) is 39.1 Å². The summed E-state index contributed by atoms with van der Waals surface area (Å²) in [4.78, 5) is 15.8. The van der Waals surface area contributed by atoms with Crippen molar-refractivity contribution >= 4 is 17.0 Å². The molecule has 144 valence electrons. The summed E-state index contributed by atoms with van der Waals surface area (Å²) >= 11 is 0. The van der Waals surface area contributed by atoms with Gasteiger partial charge in [0.05, 0.1) is 13.7 Å². The van der Waals surface area contributed by atoms with E-state index in [9.17, 15) is 0 Å². The molecule has 8 heteroatoms. The van der Waals surface area contributed by atoms with Gasteiger partial charge in [0.1, 0.15) is 0 Å². The maximum absolute atomic E-state index is 6.10. The van der Waals surface area contributed by atoms with Crippen molar-refractivity contribution in [2.24, 2.45) is 5.92 Å². The van der Waals surface area contributed by atoms with Crippen LogP contribution in [0.5, 0.6) is 12.0 Å². The lowest BCUT2D eigenvalue weighted by molar-refractivity contribution is 0.178. The van der Waals surface area contributed by atoms with Gasteiger partial charge in [-0.05, 0) is 44.8 Å². The molecule has 0 unspecified atom stereocenters. The van der Waals surface area contributed by atoms with E-state index < -0.39 is 0 Å². The number of nitrogens with two attached hydrogens (primary N) is 1. The Labute approximate surface area is 154 Å².